The molecule has 1 heterocycles. The maximum absolute atomic E-state index is 8.91. The van der Waals surface area contributed by atoms with Gasteiger partial charge >= 0.3 is 0 Å². The van der Waals surface area contributed by atoms with E-state index in [1.807, 2.05) is 25.1 Å². The summed E-state index contributed by atoms with van der Waals surface area (Å²) >= 11 is 0. The summed E-state index contributed by atoms with van der Waals surface area (Å²) in [6, 6.07) is 17.7. The Morgan fingerprint density at radius 3 is 2.19 bits per heavy atom. The summed E-state index contributed by atoms with van der Waals surface area (Å²) in [5.74, 6) is 1.28. The first kappa shape index (κ1) is 18.4. The van der Waals surface area contributed by atoms with E-state index < -0.39 is 0 Å². The zero-order valence-electron chi connectivity index (χ0n) is 15.9. The summed E-state index contributed by atoms with van der Waals surface area (Å²) in [7, 11) is 0. The van der Waals surface area contributed by atoms with Crippen molar-refractivity contribution in [1.82, 2.24) is 9.97 Å². The van der Waals surface area contributed by atoms with Crippen LogP contribution in [0, 0.1) is 18.3 Å². The maximum Gasteiger partial charge on any atom is 0.229 e. The third kappa shape index (κ3) is 4.42. The van der Waals surface area contributed by atoms with Gasteiger partial charge in [0.15, 0.2) is 0 Å². The molecule has 0 aliphatic carbocycles. The lowest BCUT2D eigenvalue weighted by Crippen LogP contribution is -2.05. The van der Waals surface area contributed by atoms with Crippen molar-refractivity contribution in [2.75, 3.05) is 10.6 Å². The molecule has 0 radical (unpaired) electrons. The predicted octanol–water partition coefficient (Wildman–Crippen LogP) is 5.27. The van der Waals surface area contributed by atoms with Crippen molar-refractivity contribution in [3.05, 3.63) is 70.9 Å². The van der Waals surface area contributed by atoms with Crippen molar-refractivity contribution in [3.63, 3.8) is 0 Å². The third-order valence-electron chi connectivity index (χ3n) is 4.38. The SMILES string of the molecule is CCc1cccc(CC)c1Nc1cc(C)nc(Nc2ccc(C#N)cc2)n1. The van der Waals surface area contributed by atoms with Crippen molar-refractivity contribution in [2.45, 2.75) is 33.6 Å². The number of hydrogen-bond donors (Lipinski definition) is 2. The van der Waals surface area contributed by atoms with E-state index in [1.54, 1.807) is 12.1 Å². The molecule has 0 saturated carbocycles. The minimum atomic E-state index is 0.522. The van der Waals surface area contributed by atoms with Crippen molar-refractivity contribution < 1.29 is 0 Å². The van der Waals surface area contributed by atoms with E-state index in [-0.39, 0.29) is 0 Å². The quantitative estimate of drug-likeness (QED) is 0.629. The molecule has 2 N–H and O–H groups in total. The van der Waals surface area contributed by atoms with Crippen molar-refractivity contribution in [1.29, 1.82) is 5.26 Å². The zero-order chi connectivity index (χ0) is 19.2. The Morgan fingerprint density at radius 1 is 0.926 bits per heavy atom. The number of benzene rings is 2. The number of rotatable bonds is 6. The second-order valence-corrected chi connectivity index (χ2v) is 6.32. The van der Waals surface area contributed by atoms with E-state index >= 15 is 0 Å². The zero-order valence-corrected chi connectivity index (χ0v) is 15.9. The molecule has 0 aliphatic rings. The van der Waals surface area contributed by atoms with Crippen molar-refractivity contribution in [3.8, 4) is 6.07 Å². The number of aromatic nitrogens is 2. The van der Waals surface area contributed by atoms with Gasteiger partial charge in [-0.15, -0.1) is 0 Å². The smallest absolute Gasteiger partial charge is 0.229 e. The van der Waals surface area contributed by atoms with Gasteiger partial charge in [-0.1, -0.05) is 32.0 Å². The molecule has 0 bridgehead atoms. The molecule has 0 atom stereocenters. The van der Waals surface area contributed by atoms with Gasteiger partial charge in [0, 0.05) is 23.1 Å². The molecule has 3 rings (SSSR count). The van der Waals surface area contributed by atoms with Gasteiger partial charge in [-0.3, -0.25) is 0 Å². The predicted molar refractivity (Wildman–Crippen MR) is 110 cm³/mol. The van der Waals surface area contributed by atoms with Crippen LogP contribution in [0.3, 0.4) is 0 Å². The standard InChI is InChI=1S/C22H23N5/c1-4-17-7-6-8-18(5-2)21(17)26-20-13-15(3)24-22(27-20)25-19-11-9-16(14-23)10-12-19/h6-13H,4-5H2,1-3H3,(H2,24,25,26,27). The topological polar surface area (TPSA) is 73.6 Å². The maximum atomic E-state index is 8.91. The third-order valence-corrected chi connectivity index (χ3v) is 4.38. The van der Waals surface area contributed by atoms with Crippen LogP contribution < -0.4 is 10.6 Å². The highest BCUT2D eigenvalue weighted by Gasteiger charge is 2.09. The Hall–Kier alpha value is -3.39. The second-order valence-electron chi connectivity index (χ2n) is 6.32. The first-order chi connectivity index (χ1) is 13.1. The van der Waals surface area contributed by atoms with Gasteiger partial charge in [-0.25, -0.2) is 4.98 Å². The van der Waals surface area contributed by atoms with Gasteiger partial charge in [0.1, 0.15) is 5.82 Å². The summed E-state index contributed by atoms with van der Waals surface area (Å²) < 4.78 is 0. The molecule has 136 valence electrons. The molecule has 3 aromatic rings. The highest BCUT2D eigenvalue weighted by Crippen LogP contribution is 2.27. The van der Waals surface area contributed by atoms with E-state index in [0.717, 1.165) is 35.7 Å². The Morgan fingerprint density at radius 2 is 1.59 bits per heavy atom. The van der Waals surface area contributed by atoms with Gasteiger partial charge in [0.25, 0.3) is 0 Å². The molecule has 0 aliphatic heterocycles. The number of nitrogens with zero attached hydrogens (tertiary/aromatic N) is 3. The first-order valence-corrected chi connectivity index (χ1v) is 9.13. The van der Waals surface area contributed by atoms with E-state index in [1.165, 1.54) is 11.1 Å². The number of para-hydroxylation sites is 1. The Balaban J connectivity index is 1.89. The Bertz CT molecular complexity index is 949. The van der Waals surface area contributed by atoms with E-state index in [9.17, 15) is 0 Å². The minimum Gasteiger partial charge on any atom is -0.340 e. The lowest BCUT2D eigenvalue weighted by molar-refractivity contribution is 1.07. The fourth-order valence-electron chi connectivity index (χ4n) is 2.98. The van der Waals surface area contributed by atoms with Gasteiger partial charge in [-0.05, 0) is 55.2 Å². The molecule has 0 fully saturated rings. The van der Waals surface area contributed by atoms with Crippen molar-refractivity contribution in [2.24, 2.45) is 0 Å². The van der Waals surface area contributed by atoms with Crippen LogP contribution in [-0.2, 0) is 12.8 Å². The largest absolute Gasteiger partial charge is 0.340 e. The molecular formula is C22H23N5. The average Bonchev–Trinajstić information content (AvgIpc) is 2.68. The summed E-state index contributed by atoms with van der Waals surface area (Å²) in [5, 5.41) is 15.6. The molecule has 1 aromatic heterocycles. The van der Waals surface area contributed by atoms with Crippen LogP contribution in [0.15, 0.2) is 48.5 Å². The molecule has 5 heteroatoms. The molecule has 5 nitrogen and oxygen atoms in total. The highest BCUT2D eigenvalue weighted by atomic mass is 15.1. The summed E-state index contributed by atoms with van der Waals surface area (Å²) in [5.41, 5.74) is 6.00. The van der Waals surface area contributed by atoms with Gasteiger partial charge in [-0.2, -0.15) is 10.2 Å². The molecule has 27 heavy (non-hydrogen) atoms. The van der Waals surface area contributed by atoms with Crippen LogP contribution in [0.4, 0.5) is 23.1 Å². The number of anilines is 4. The molecule has 0 unspecified atom stereocenters. The highest BCUT2D eigenvalue weighted by molar-refractivity contribution is 5.66. The summed E-state index contributed by atoms with van der Waals surface area (Å²) in [6.45, 7) is 6.26. The van der Waals surface area contributed by atoms with Gasteiger partial charge in [0.2, 0.25) is 5.95 Å². The van der Waals surface area contributed by atoms with Gasteiger partial charge < -0.3 is 10.6 Å². The number of nitrogens with one attached hydrogen (secondary N) is 2. The van der Waals surface area contributed by atoms with Crippen LogP contribution in [0.1, 0.15) is 36.2 Å². The van der Waals surface area contributed by atoms with Crippen molar-refractivity contribution >= 4 is 23.1 Å². The summed E-state index contributed by atoms with van der Waals surface area (Å²) in [6.07, 6.45) is 1.91. The van der Waals surface area contributed by atoms with Crippen LogP contribution in [0.2, 0.25) is 0 Å². The number of nitriles is 1. The molecular weight excluding hydrogens is 334 g/mol. The summed E-state index contributed by atoms with van der Waals surface area (Å²) in [4.78, 5) is 9.09. The van der Waals surface area contributed by atoms with E-state index in [2.05, 4.69) is 58.7 Å². The van der Waals surface area contributed by atoms with Gasteiger partial charge in [0.05, 0.1) is 11.6 Å². The molecule has 0 saturated heterocycles. The Kier molecular flexibility index (Phi) is 5.68. The minimum absolute atomic E-state index is 0.522. The van der Waals surface area contributed by atoms with Crippen LogP contribution in [0.5, 0.6) is 0 Å². The lowest BCUT2D eigenvalue weighted by atomic mass is 10.0. The van der Waals surface area contributed by atoms with Crippen LogP contribution >= 0.6 is 0 Å². The van der Waals surface area contributed by atoms with Crippen LogP contribution in [-0.4, -0.2) is 9.97 Å². The van der Waals surface area contributed by atoms with E-state index in [0.29, 0.717) is 11.5 Å². The monoisotopic (exact) mass is 357 g/mol. The first-order valence-electron chi connectivity index (χ1n) is 9.13. The van der Waals surface area contributed by atoms with Crippen LogP contribution in [0.25, 0.3) is 0 Å². The number of aryl methyl sites for hydroxylation is 3. The molecule has 0 amide bonds. The Labute approximate surface area is 160 Å². The fraction of sp³-hybridized carbons (Fsp3) is 0.227. The lowest BCUT2D eigenvalue weighted by Gasteiger charge is -2.16. The fourth-order valence-corrected chi connectivity index (χ4v) is 2.98. The molecule has 0 spiro atoms. The number of hydrogen-bond acceptors (Lipinski definition) is 5. The second kappa shape index (κ2) is 8.33. The molecule has 2 aromatic carbocycles. The normalized spacial score (nSPS) is 10.3. The van der Waals surface area contributed by atoms with E-state index in [4.69, 9.17) is 5.26 Å². The average molecular weight is 357 g/mol.